The molecular weight excluding hydrogens is 488 g/mol. The number of alkyl halides is 3. The second-order valence-electron chi connectivity index (χ2n) is 7.89. The number of halogens is 6. The molecule has 0 bridgehead atoms. The molecule has 1 aliphatic heterocycles. The number of amides is 1. The maximum atomic E-state index is 14.1. The van der Waals surface area contributed by atoms with Gasteiger partial charge in [-0.05, 0) is 55.7 Å². The van der Waals surface area contributed by atoms with E-state index in [2.05, 4.69) is 10.8 Å². The minimum Gasteiger partial charge on any atom is -0.349 e. The van der Waals surface area contributed by atoms with Crippen molar-refractivity contribution in [1.29, 1.82) is 0 Å². The second-order valence-corrected chi connectivity index (χ2v) is 9.17. The van der Waals surface area contributed by atoms with E-state index in [0.29, 0.717) is 16.1 Å². The van der Waals surface area contributed by atoms with Gasteiger partial charge in [0.1, 0.15) is 0 Å². The third kappa shape index (κ3) is 4.44. The molecule has 10 heteroatoms. The quantitative estimate of drug-likeness (QED) is 0.483. The highest BCUT2D eigenvalue weighted by molar-refractivity contribution is 6.34. The van der Waals surface area contributed by atoms with Crippen LogP contribution in [0.2, 0.25) is 15.1 Å². The Morgan fingerprint density at radius 3 is 2.38 bits per heavy atom. The predicted molar refractivity (Wildman–Crippen MR) is 117 cm³/mol. The molecule has 0 radical (unpaired) electrons. The van der Waals surface area contributed by atoms with Gasteiger partial charge in [0.15, 0.2) is 0 Å². The predicted octanol–water partition coefficient (Wildman–Crippen LogP) is 6.57. The van der Waals surface area contributed by atoms with Crippen molar-refractivity contribution in [3.05, 3.63) is 74.2 Å². The summed E-state index contributed by atoms with van der Waals surface area (Å²) in [6.07, 6.45) is -2.12. The van der Waals surface area contributed by atoms with Crippen LogP contribution in [0.25, 0.3) is 5.70 Å². The van der Waals surface area contributed by atoms with Crippen molar-refractivity contribution in [1.82, 2.24) is 10.8 Å². The van der Waals surface area contributed by atoms with Crippen LogP contribution < -0.4 is 10.8 Å². The minimum atomic E-state index is -4.80. The van der Waals surface area contributed by atoms with Gasteiger partial charge in [-0.3, -0.25) is 15.1 Å². The molecule has 0 spiro atoms. The standard InChI is InChI=1S/C22H18Cl3F3N2O2/c1-11(29-20(31)12-2-3-12)17-5-4-13(6-18(17)25)19-10-21(32-30-19,22(26,27)28)14-7-15(23)9-16(24)8-14/h4-12,30H,2-3H2,1H3,(H,29,31). The van der Waals surface area contributed by atoms with Gasteiger partial charge in [0.2, 0.25) is 11.5 Å². The molecule has 1 saturated carbocycles. The molecule has 0 saturated heterocycles. The lowest BCUT2D eigenvalue weighted by atomic mass is 9.91. The van der Waals surface area contributed by atoms with Gasteiger partial charge in [0, 0.05) is 32.1 Å². The Bertz CT molecular complexity index is 1080. The van der Waals surface area contributed by atoms with E-state index in [1.165, 1.54) is 12.1 Å². The van der Waals surface area contributed by atoms with E-state index in [1.807, 2.05) is 0 Å². The van der Waals surface area contributed by atoms with Gasteiger partial charge in [-0.25, -0.2) is 0 Å². The van der Waals surface area contributed by atoms with E-state index in [0.717, 1.165) is 31.1 Å². The fourth-order valence-electron chi connectivity index (χ4n) is 3.55. The average Bonchev–Trinajstić information content (AvgIpc) is 3.44. The Kier molecular flexibility index (Phi) is 6.13. The summed E-state index contributed by atoms with van der Waals surface area (Å²) in [5.41, 5.74) is 0.454. The summed E-state index contributed by atoms with van der Waals surface area (Å²) < 4.78 is 42.4. The largest absolute Gasteiger partial charge is 0.428 e. The highest BCUT2D eigenvalue weighted by Gasteiger charge is 2.59. The zero-order valence-corrected chi connectivity index (χ0v) is 19.0. The van der Waals surface area contributed by atoms with Crippen LogP contribution in [0.3, 0.4) is 0 Å². The molecular formula is C22H18Cl3F3N2O2. The molecule has 1 heterocycles. The van der Waals surface area contributed by atoms with Gasteiger partial charge in [-0.2, -0.15) is 13.2 Å². The maximum Gasteiger partial charge on any atom is 0.428 e. The molecule has 2 aliphatic rings. The molecule has 2 aromatic rings. The second kappa shape index (κ2) is 8.45. The third-order valence-electron chi connectivity index (χ3n) is 5.47. The van der Waals surface area contributed by atoms with Gasteiger partial charge in [0.05, 0.1) is 11.7 Å². The zero-order chi connectivity index (χ0) is 23.3. The summed E-state index contributed by atoms with van der Waals surface area (Å²) in [6, 6.07) is 8.11. The maximum absolute atomic E-state index is 14.1. The Morgan fingerprint density at radius 1 is 1.16 bits per heavy atom. The zero-order valence-electron chi connectivity index (χ0n) is 16.7. The molecule has 4 rings (SSSR count). The first kappa shape index (κ1) is 23.2. The lowest BCUT2D eigenvalue weighted by molar-refractivity contribution is -0.269. The first-order valence-corrected chi connectivity index (χ1v) is 10.9. The number of carbonyl (C=O) groups excluding carboxylic acids is 1. The molecule has 1 amide bonds. The first-order valence-electron chi connectivity index (χ1n) is 9.80. The topological polar surface area (TPSA) is 50.4 Å². The van der Waals surface area contributed by atoms with E-state index in [1.54, 1.807) is 19.1 Å². The lowest BCUT2D eigenvalue weighted by Crippen LogP contribution is -2.42. The number of hydrogen-bond donors (Lipinski definition) is 2. The van der Waals surface area contributed by atoms with Gasteiger partial charge in [-0.1, -0.05) is 46.9 Å². The van der Waals surface area contributed by atoms with E-state index >= 15 is 0 Å². The minimum absolute atomic E-state index is 0.0265. The Hall–Kier alpha value is -1.93. The Morgan fingerprint density at radius 2 is 1.81 bits per heavy atom. The fraction of sp³-hybridized carbons (Fsp3) is 0.318. The summed E-state index contributed by atoms with van der Waals surface area (Å²) in [4.78, 5) is 17.1. The van der Waals surface area contributed by atoms with Crippen LogP contribution in [0.15, 0.2) is 42.5 Å². The van der Waals surface area contributed by atoms with Crippen LogP contribution in [0.4, 0.5) is 13.2 Å². The summed E-state index contributed by atoms with van der Waals surface area (Å²) in [7, 11) is 0. The van der Waals surface area contributed by atoms with E-state index < -0.39 is 11.8 Å². The number of benzene rings is 2. The summed E-state index contributed by atoms with van der Waals surface area (Å²) >= 11 is 18.2. The average molecular weight is 506 g/mol. The van der Waals surface area contributed by atoms with Crippen LogP contribution in [0.1, 0.15) is 42.5 Å². The van der Waals surface area contributed by atoms with E-state index in [9.17, 15) is 18.0 Å². The van der Waals surface area contributed by atoms with Crippen molar-refractivity contribution in [2.24, 2.45) is 5.92 Å². The van der Waals surface area contributed by atoms with Crippen molar-refractivity contribution in [3.8, 4) is 0 Å². The normalized spacial score (nSPS) is 21.7. The van der Waals surface area contributed by atoms with Crippen molar-refractivity contribution in [2.75, 3.05) is 0 Å². The first-order chi connectivity index (χ1) is 15.0. The summed E-state index contributed by atoms with van der Waals surface area (Å²) in [5.74, 6) is 0.0253. The highest BCUT2D eigenvalue weighted by Crippen LogP contribution is 2.48. The van der Waals surface area contributed by atoms with Crippen molar-refractivity contribution in [3.63, 3.8) is 0 Å². The van der Waals surface area contributed by atoms with Gasteiger partial charge in [0.25, 0.3) is 0 Å². The molecule has 32 heavy (non-hydrogen) atoms. The summed E-state index contributed by atoms with van der Waals surface area (Å²) in [6.45, 7) is 1.80. The van der Waals surface area contributed by atoms with Crippen molar-refractivity contribution >= 4 is 46.4 Å². The van der Waals surface area contributed by atoms with E-state index in [-0.39, 0.29) is 39.2 Å². The molecule has 4 nitrogen and oxygen atoms in total. The highest BCUT2D eigenvalue weighted by atomic mass is 35.5. The number of carbonyl (C=O) groups is 1. The monoisotopic (exact) mass is 504 g/mol. The van der Waals surface area contributed by atoms with Crippen LogP contribution in [-0.4, -0.2) is 12.1 Å². The van der Waals surface area contributed by atoms with Gasteiger partial charge < -0.3 is 5.32 Å². The number of hydrogen-bond acceptors (Lipinski definition) is 3. The summed E-state index contributed by atoms with van der Waals surface area (Å²) in [5, 5.41) is 3.31. The van der Waals surface area contributed by atoms with Crippen molar-refractivity contribution < 1.29 is 22.8 Å². The van der Waals surface area contributed by atoms with Crippen molar-refractivity contribution in [2.45, 2.75) is 37.6 Å². The van der Waals surface area contributed by atoms with Crippen LogP contribution in [-0.2, 0) is 15.2 Å². The lowest BCUT2D eigenvalue weighted by Gasteiger charge is -2.28. The SMILES string of the molecule is CC(NC(=O)C1CC1)c1ccc(C2=CC(c3cc(Cl)cc(Cl)c3)(C(F)(F)F)ON2)cc1Cl. The Labute approximate surface area is 197 Å². The molecule has 2 atom stereocenters. The molecule has 1 aliphatic carbocycles. The number of nitrogens with one attached hydrogen (secondary N) is 2. The van der Waals surface area contributed by atoms with Gasteiger partial charge >= 0.3 is 6.18 Å². The molecule has 1 fully saturated rings. The molecule has 170 valence electrons. The van der Waals surface area contributed by atoms with Crippen LogP contribution in [0.5, 0.6) is 0 Å². The molecule has 2 aromatic carbocycles. The van der Waals surface area contributed by atoms with Gasteiger partial charge in [-0.15, -0.1) is 0 Å². The Balaban J connectivity index is 1.66. The smallest absolute Gasteiger partial charge is 0.349 e. The van der Waals surface area contributed by atoms with E-state index in [4.69, 9.17) is 39.6 Å². The van der Waals surface area contributed by atoms with Crippen LogP contribution in [0, 0.1) is 5.92 Å². The molecule has 2 unspecified atom stereocenters. The molecule has 2 N–H and O–H groups in total. The fourth-order valence-corrected chi connectivity index (χ4v) is 4.42. The molecule has 0 aromatic heterocycles. The number of rotatable bonds is 5. The number of hydroxylamine groups is 1. The van der Waals surface area contributed by atoms with Crippen LogP contribution >= 0.6 is 34.8 Å². The third-order valence-corrected chi connectivity index (χ3v) is 6.23.